The molecule has 92 valence electrons. The van der Waals surface area contributed by atoms with Crippen LogP contribution < -0.4 is 4.74 Å². The highest BCUT2D eigenvalue weighted by Gasteiger charge is 2.46. The van der Waals surface area contributed by atoms with E-state index in [2.05, 4.69) is 39.8 Å². The van der Waals surface area contributed by atoms with Crippen molar-refractivity contribution in [2.24, 2.45) is 5.92 Å². The average molecular weight is 230 g/mol. The van der Waals surface area contributed by atoms with Crippen LogP contribution in [0, 0.1) is 19.8 Å². The second kappa shape index (κ2) is 3.51. The number of hydrogen-bond donors (Lipinski definition) is 0. The lowest BCUT2D eigenvalue weighted by Crippen LogP contribution is -2.43. The van der Waals surface area contributed by atoms with Gasteiger partial charge in [-0.25, -0.2) is 0 Å². The summed E-state index contributed by atoms with van der Waals surface area (Å²) in [6.07, 6.45) is 4.02. The minimum Gasteiger partial charge on any atom is -0.487 e. The van der Waals surface area contributed by atoms with Crippen LogP contribution in [0.4, 0.5) is 0 Å². The predicted octanol–water partition coefficient (Wildman–Crippen LogP) is 4.36. The van der Waals surface area contributed by atoms with Crippen molar-refractivity contribution in [3.63, 3.8) is 0 Å². The minimum atomic E-state index is 0.00667. The molecule has 1 aromatic rings. The molecule has 0 saturated heterocycles. The van der Waals surface area contributed by atoms with Gasteiger partial charge >= 0.3 is 0 Å². The fraction of sp³-hybridized carbons (Fsp3) is 0.625. The highest BCUT2D eigenvalue weighted by molar-refractivity contribution is 5.50. The quantitative estimate of drug-likeness (QED) is 0.643. The van der Waals surface area contributed by atoms with Crippen molar-refractivity contribution in [2.45, 2.75) is 58.5 Å². The first-order valence-corrected chi connectivity index (χ1v) is 6.80. The van der Waals surface area contributed by atoms with Crippen molar-refractivity contribution >= 4 is 0 Å². The summed E-state index contributed by atoms with van der Waals surface area (Å²) in [5.74, 6) is 2.61. The van der Waals surface area contributed by atoms with Gasteiger partial charge in [-0.3, -0.25) is 0 Å². The normalized spacial score (nSPS) is 29.4. The Hall–Kier alpha value is -0.980. The third-order valence-corrected chi connectivity index (χ3v) is 4.76. The summed E-state index contributed by atoms with van der Waals surface area (Å²) < 4.78 is 6.34. The minimum absolute atomic E-state index is 0.00667. The topological polar surface area (TPSA) is 9.23 Å². The van der Waals surface area contributed by atoms with Gasteiger partial charge in [0.05, 0.1) is 0 Å². The lowest BCUT2D eigenvalue weighted by atomic mass is 9.74. The first-order valence-electron chi connectivity index (χ1n) is 6.80. The lowest BCUT2D eigenvalue weighted by Gasteiger charge is -2.43. The van der Waals surface area contributed by atoms with E-state index >= 15 is 0 Å². The van der Waals surface area contributed by atoms with Crippen molar-refractivity contribution in [1.82, 2.24) is 0 Å². The standard InChI is InChI=1S/C16H22O/c1-10-8-9-11(2)15-14(10)12-6-5-7-13(12)16(3,4)17-15/h8-9,12-13H,5-7H2,1-4H3/t12-,13-/m0/s1. The molecule has 2 aliphatic rings. The van der Waals surface area contributed by atoms with Gasteiger partial charge in [-0.2, -0.15) is 0 Å². The zero-order chi connectivity index (χ0) is 12.2. The summed E-state index contributed by atoms with van der Waals surface area (Å²) in [7, 11) is 0. The molecule has 1 fully saturated rings. The Morgan fingerprint density at radius 1 is 1.12 bits per heavy atom. The molecule has 0 spiro atoms. The average Bonchev–Trinajstić information content (AvgIpc) is 2.73. The van der Waals surface area contributed by atoms with E-state index in [-0.39, 0.29) is 5.60 Å². The number of hydrogen-bond acceptors (Lipinski definition) is 1. The molecule has 0 unspecified atom stereocenters. The van der Waals surface area contributed by atoms with E-state index in [1.807, 2.05) is 0 Å². The maximum Gasteiger partial charge on any atom is 0.126 e. The summed E-state index contributed by atoms with van der Waals surface area (Å²) in [6, 6.07) is 4.45. The van der Waals surface area contributed by atoms with Gasteiger partial charge in [0.15, 0.2) is 0 Å². The molecule has 0 amide bonds. The largest absolute Gasteiger partial charge is 0.487 e. The fourth-order valence-corrected chi connectivity index (χ4v) is 3.88. The summed E-state index contributed by atoms with van der Waals surface area (Å²) in [6.45, 7) is 8.93. The van der Waals surface area contributed by atoms with Crippen LogP contribution in [0.3, 0.4) is 0 Å². The highest BCUT2D eigenvalue weighted by Crippen LogP contribution is 2.54. The van der Waals surface area contributed by atoms with Crippen LogP contribution in [-0.2, 0) is 0 Å². The predicted molar refractivity (Wildman–Crippen MR) is 70.7 cm³/mol. The van der Waals surface area contributed by atoms with Crippen LogP contribution in [0.2, 0.25) is 0 Å². The molecule has 1 aliphatic heterocycles. The number of fused-ring (bicyclic) bond motifs is 3. The van der Waals surface area contributed by atoms with Gasteiger partial charge in [-0.15, -0.1) is 0 Å². The van der Waals surface area contributed by atoms with E-state index < -0.39 is 0 Å². The van der Waals surface area contributed by atoms with Crippen molar-refractivity contribution in [3.8, 4) is 5.75 Å². The molecule has 1 saturated carbocycles. The summed E-state index contributed by atoms with van der Waals surface area (Å²) in [5, 5.41) is 0. The maximum atomic E-state index is 6.34. The van der Waals surface area contributed by atoms with E-state index in [4.69, 9.17) is 4.74 Å². The van der Waals surface area contributed by atoms with Crippen LogP contribution in [0.1, 0.15) is 55.7 Å². The molecular formula is C16H22O. The molecule has 1 aliphatic carbocycles. The van der Waals surface area contributed by atoms with Crippen molar-refractivity contribution < 1.29 is 4.74 Å². The van der Waals surface area contributed by atoms with E-state index in [0.717, 1.165) is 5.92 Å². The van der Waals surface area contributed by atoms with Gasteiger partial charge in [0, 0.05) is 11.5 Å². The fourth-order valence-electron chi connectivity index (χ4n) is 3.88. The Morgan fingerprint density at radius 3 is 2.59 bits per heavy atom. The van der Waals surface area contributed by atoms with Crippen LogP contribution in [0.5, 0.6) is 5.75 Å². The molecule has 1 heterocycles. The van der Waals surface area contributed by atoms with Crippen LogP contribution in [-0.4, -0.2) is 5.60 Å². The van der Waals surface area contributed by atoms with Crippen molar-refractivity contribution in [2.75, 3.05) is 0 Å². The van der Waals surface area contributed by atoms with E-state index in [1.54, 1.807) is 0 Å². The third-order valence-electron chi connectivity index (χ3n) is 4.76. The van der Waals surface area contributed by atoms with Crippen LogP contribution >= 0.6 is 0 Å². The second-order valence-electron chi connectivity index (χ2n) is 6.29. The van der Waals surface area contributed by atoms with Gasteiger partial charge < -0.3 is 4.74 Å². The SMILES string of the molecule is Cc1ccc(C)c2c1OC(C)(C)[C@H]1CCC[C@H]21. The van der Waals surface area contributed by atoms with Gasteiger partial charge in [0.2, 0.25) is 0 Å². The highest BCUT2D eigenvalue weighted by atomic mass is 16.5. The van der Waals surface area contributed by atoms with Crippen molar-refractivity contribution in [1.29, 1.82) is 0 Å². The lowest BCUT2D eigenvalue weighted by molar-refractivity contribution is 0.0192. The molecule has 2 atom stereocenters. The molecule has 1 nitrogen and oxygen atoms in total. The third kappa shape index (κ3) is 1.51. The van der Waals surface area contributed by atoms with Crippen molar-refractivity contribution in [3.05, 3.63) is 28.8 Å². The summed E-state index contributed by atoms with van der Waals surface area (Å²) in [5.41, 5.74) is 4.22. The molecular weight excluding hydrogens is 208 g/mol. The number of ether oxygens (including phenoxy) is 1. The molecule has 0 bridgehead atoms. The molecule has 0 aromatic heterocycles. The monoisotopic (exact) mass is 230 g/mol. The van der Waals surface area contributed by atoms with Crippen LogP contribution in [0.25, 0.3) is 0 Å². The first-order chi connectivity index (χ1) is 8.00. The molecule has 17 heavy (non-hydrogen) atoms. The number of aryl methyl sites for hydroxylation is 2. The Kier molecular flexibility index (Phi) is 2.30. The molecule has 1 heteroatoms. The number of benzene rings is 1. The zero-order valence-corrected chi connectivity index (χ0v) is 11.3. The summed E-state index contributed by atoms with van der Waals surface area (Å²) in [4.78, 5) is 0. The molecule has 3 rings (SSSR count). The number of rotatable bonds is 0. The smallest absolute Gasteiger partial charge is 0.126 e. The van der Waals surface area contributed by atoms with E-state index in [1.165, 1.54) is 41.7 Å². The van der Waals surface area contributed by atoms with Gasteiger partial charge in [-0.1, -0.05) is 18.6 Å². The Labute approximate surface area is 104 Å². The van der Waals surface area contributed by atoms with E-state index in [0.29, 0.717) is 5.92 Å². The van der Waals surface area contributed by atoms with Crippen LogP contribution in [0.15, 0.2) is 12.1 Å². The van der Waals surface area contributed by atoms with Gasteiger partial charge in [0.25, 0.3) is 0 Å². The second-order valence-corrected chi connectivity index (χ2v) is 6.29. The summed E-state index contributed by atoms with van der Waals surface area (Å²) >= 11 is 0. The Balaban J connectivity index is 2.20. The van der Waals surface area contributed by atoms with E-state index in [9.17, 15) is 0 Å². The van der Waals surface area contributed by atoms with Gasteiger partial charge in [0.1, 0.15) is 11.4 Å². The maximum absolute atomic E-state index is 6.34. The molecule has 1 aromatic carbocycles. The first kappa shape index (κ1) is 11.1. The van der Waals surface area contributed by atoms with Gasteiger partial charge in [-0.05, 0) is 57.6 Å². The molecule has 0 radical (unpaired) electrons. The Bertz CT molecular complexity index is 459. The molecule has 0 N–H and O–H groups in total. The zero-order valence-electron chi connectivity index (χ0n) is 11.3. The Morgan fingerprint density at radius 2 is 1.82 bits per heavy atom.